The molecule has 1 heterocycles. The molecule has 0 radical (unpaired) electrons. The van der Waals surface area contributed by atoms with Crippen molar-refractivity contribution in [2.24, 2.45) is 0 Å². The van der Waals surface area contributed by atoms with Crippen molar-refractivity contribution in [3.8, 4) is 0 Å². The Morgan fingerprint density at radius 2 is 1.80 bits per heavy atom. The van der Waals surface area contributed by atoms with Gasteiger partial charge in [-0.25, -0.2) is 0 Å². The summed E-state index contributed by atoms with van der Waals surface area (Å²) in [6, 6.07) is 7.96. The van der Waals surface area contributed by atoms with Crippen molar-refractivity contribution in [1.29, 1.82) is 0 Å². The molecule has 0 aliphatic carbocycles. The molecule has 0 aliphatic heterocycles. The van der Waals surface area contributed by atoms with E-state index in [0.717, 1.165) is 4.90 Å². The second-order valence-corrected chi connectivity index (χ2v) is 5.62. The number of carboxylic acids is 1. The van der Waals surface area contributed by atoms with Gasteiger partial charge in [0.1, 0.15) is 11.4 Å². The Morgan fingerprint density at radius 1 is 1.15 bits per heavy atom. The first-order valence-corrected chi connectivity index (χ1v) is 7.15. The van der Waals surface area contributed by atoms with Crippen LogP contribution in [0.2, 0.25) is 10.0 Å². The fourth-order valence-corrected chi connectivity index (χ4v) is 2.82. The lowest BCUT2D eigenvalue weighted by Gasteiger charge is -2.20. The van der Waals surface area contributed by atoms with Gasteiger partial charge in [0.2, 0.25) is 0 Å². The molecule has 2 rings (SSSR count). The van der Waals surface area contributed by atoms with Crippen LogP contribution in [0.3, 0.4) is 0 Å². The largest absolute Gasteiger partial charge is 0.480 e. The van der Waals surface area contributed by atoms with Crippen molar-refractivity contribution >= 4 is 52.1 Å². The maximum absolute atomic E-state index is 12.4. The molecule has 0 atom stereocenters. The van der Waals surface area contributed by atoms with Crippen LogP contribution < -0.4 is 4.90 Å². The standard InChI is InChI=1S/C13H9Cl2NO3S/c14-8-1-3-9(4-2-8)16(7-11(17)18)13(19)12-10(15)5-6-20-12/h1-6H,7H2,(H,17,18). The lowest BCUT2D eigenvalue weighted by Crippen LogP contribution is -2.35. The maximum atomic E-state index is 12.4. The molecule has 1 aromatic carbocycles. The summed E-state index contributed by atoms with van der Waals surface area (Å²) in [7, 11) is 0. The van der Waals surface area contributed by atoms with Crippen LogP contribution in [0, 0.1) is 0 Å². The fraction of sp³-hybridized carbons (Fsp3) is 0.0769. The lowest BCUT2D eigenvalue weighted by atomic mass is 10.2. The second-order valence-electron chi connectivity index (χ2n) is 3.86. The molecule has 0 fully saturated rings. The molecule has 7 heteroatoms. The van der Waals surface area contributed by atoms with Crippen LogP contribution in [-0.2, 0) is 4.79 Å². The summed E-state index contributed by atoms with van der Waals surface area (Å²) < 4.78 is 0. The number of nitrogens with zero attached hydrogens (tertiary/aromatic N) is 1. The topological polar surface area (TPSA) is 57.6 Å². The second kappa shape index (κ2) is 6.26. The molecule has 0 saturated heterocycles. The van der Waals surface area contributed by atoms with E-state index in [1.807, 2.05) is 0 Å². The molecule has 104 valence electrons. The Labute approximate surface area is 129 Å². The quantitative estimate of drug-likeness (QED) is 0.928. The van der Waals surface area contributed by atoms with Crippen LogP contribution >= 0.6 is 34.5 Å². The van der Waals surface area contributed by atoms with Crippen LogP contribution in [0.1, 0.15) is 9.67 Å². The lowest BCUT2D eigenvalue weighted by molar-refractivity contribution is -0.135. The molecule has 0 unspecified atom stereocenters. The van der Waals surface area contributed by atoms with E-state index < -0.39 is 18.4 Å². The SMILES string of the molecule is O=C(O)CN(C(=O)c1sccc1Cl)c1ccc(Cl)cc1. The van der Waals surface area contributed by atoms with Crippen molar-refractivity contribution in [1.82, 2.24) is 0 Å². The normalized spacial score (nSPS) is 10.3. The van der Waals surface area contributed by atoms with Gasteiger partial charge in [-0.1, -0.05) is 23.2 Å². The summed E-state index contributed by atoms with van der Waals surface area (Å²) in [6.07, 6.45) is 0. The predicted molar refractivity (Wildman–Crippen MR) is 80.1 cm³/mol. The number of aliphatic carboxylic acids is 1. The van der Waals surface area contributed by atoms with Crippen molar-refractivity contribution in [2.75, 3.05) is 11.4 Å². The Kier molecular flexibility index (Phi) is 4.65. The molecule has 20 heavy (non-hydrogen) atoms. The van der Waals surface area contributed by atoms with Gasteiger partial charge >= 0.3 is 5.97 Å². The molecule has 0 saturated carbocycles. The van der Waals surface area contributed by atoms with Crippen LogP contribution in [-0.4, -0.2) is 23.5 Å². The van der Waals surface area contributed by atoms with Crippen molar-refractivity contribution in [3.63, 3.8) is 0 Å². The van der Waals surface area contributed by atoms with Crippen LogP contribution in [0.15, 0.2) is 35.7 Å². The van der Waals surface area contributed by atoms with Crippen molar-refractivity contribution in [2.45, 2.75) is 0 Å². The maximum Gasteiger partial charge on any atom is 0.323 e. The van der Waals surface area contributed by atoms with E-state index >= 15 is 0 Å². The first-order valence-electron chi connectivity index (χ1n) is 5.51. The smallest absolute Gasteiger partial charge is 0.323 e. The van der Waals surface area contributed by atoms with Gasteiger partial charge in [0.15, 0.2) is 0 Å². The number of hydrogen-bond acceptors (Lipinski definition) is 3. The molecule has 1 aromatic heterocycles. The summed E-state index contributed by atoms with van der Waals surface area (Å²) in [4.78, 5) is 24.8. The summed E-state index contributed by atoms with van der Waals surface area (Å²) in [5, 5.41) is 11.5. The zero-order chi connectivity index (χ0) is 14.7. The fourth-order valence-electron chi connectivity index (χ4n) is 1.61. The number of hydrogen-bond donors (Lipinski definition) is 1. The minimum Gasteiger partial charge on any atom is -0.480 e. The first-order chi connectivity index (χ1) is 9.49. The van der Waals surface area contributed by atoms with E-state index in [1.54, 1.807) is 35.7 Å². The molecular weight excluding hydrogens is 321 g/mol. The van der Waals surface area contributed by atoms with Gasteiger partial charge in [-0.05, 0) is 35.7 Å². The van der Waals surface area contributed by atoms with E-state index in [9.17, 15) is 9.59 Å². The van der Waals surface area contributed by atoms with Gasteiger partial charge in [-0.2, -0.15) is 0 Å². The Balaban J connectivity index is 2.37. The van der Waals surface area contributed by atoms with Gasteiger partial charge in [0.25, 0.3) is 5.91 Å². The summed E-state index contributed by atoms with van der Waals surface area (Å²) in [6.45, 7) is -0.450. The van der Waals surface area contributed by atoms with Gasteiger partial charge in [-0.3, -0.25) is 14.5 Å². The van der Waals surface area contributed by atoms with Gasteiger partial charge < -0.3 is 5.11 Å². The van der Waals surface area contributed by atoms with Crippen molar-refractivity contribution in [3.05, 3.63) is 50.6 Å². The van der Waals surface area contributed by atoms with E-state index in [2.05, 4.69) is 0 Å². The number of benzene rings is 1. The third kappa shape index (κ3) is 3.30. The Morgan fingerprint density at radius 3 is 2.30 bits per heavy atom. The highest BCUT2D eigenvalue weighted by Crippen LogP contribution is 2.26. The number of carboxylic acid groups (broad SMARTS) is 1. The van der Waals surface area contributed by atoms with E-state index in [0.29, 0.717) is 20.6 Å². The number of halogens is 2. The molecular formula is C13H9Cl2NO3S. The summed E-state index contributed by atoms with van der Waals surface area (Å²) >= 11 is 12.9. The Bertz CT molecular complexity index is 639. The van der Waals surface area contributed by atoms with E-state index in [-0.39, 0.29) is 0 Å². The number of carbonyl (C=O) groups is 2. The average Bonchev–Trinajstić information content (AvgIpc) is 2.82. The zero-order valence-electron chi connectivity index (χ0n) is 10.0. The molecule has 4 nitrogen and oxygen atoms in total. The van der Waals surface area contributed by atoms with Crippen LogP contribution in [0.4, 0.5) is 5.69 Å². The van der Waals surface area contributed by atoms with Crippen LogP contribution in [0.25, 0.3) is 0 Å². The third-order valence-electron chi connectivity index (χ3n) is 2.49. The summed E-state index contributed by atoms with van der Waals surface area (Å²) in [5.74, 6) is -1.56. The van der Waals surface area contributed by atoms with E-state index in [4.69, 9.17) is 28.3 Å². The molecule has 0 bridgehead atoms. The van der Waals surface area contributed by atoms with Gasteiger partial charge in [0.05, 0.1) is 5.02 Å². The molecule has 1 N–H and O–H groups in total. The predicted octanol–water partition coefficient (Wildman–Crippen LogP) is 3.79. The number of carbonyl (C=O) groups excluding carboxylic acids is 1. The number of rotatable bonds is 4. The number of thiophene rings is 1. The highest BCUT2D eigenvalue weighted by molar-refractivity contribution is 7.12. The summed E-state index contributed by atoms with van der Waals surface area (Å²) in [5.41, 5.74) is 0.450. The van der Waals surface area contributed by atoms with Gasteiger partial charge in [0, 0.05) is 10.7 Å². The highest BCUT2D eigenvalue weighted by Gasteiger charge is 2.23. The van der Waals surface area contributed by atoms with Gasteiger partial charge in [-0.15, -0.1) is 11.3 Å². The van der Waals surface area contributed by atoms with E-state index in [1.165, 1.54) is 11.3 Å². The Hall–Kier alpha value is -1.56. The van der Waals surface area contributed by atoms with Crippen LogP contribution in [0.5, 0.6) is 0 Å². The molecule has 0 spiro atoms. The molecule has 1 amide bonds. The number of amides is 1. The monoisotopic (exact) mass is 329 g/mol. The third-order valence-corrected chi connectivity index (χ3v) is 4.07. The average molecular weight is 330 g/mol. The molecule has 2 aromatic rings. The highest BCUT2D eigenvalue weighted by atomic mass is 35.5. The minimum atomic E-state index is -1.11. The molecule has 0 aliphatic rings. The minimum absolute atomic E-state index is 0.308. The zero-order valence-corrected chi connectivity index (χ0v) is 12.4. The first kappa shape index (κ1) is 14.8. The number of anilines is 1. The van der Waals surface area contributed by atoms with Crippen molar-refractivity contribution < 1.29 is 14.7 Å².